The molecule has 0 N–H and O–H groups in total. The molecule has 102 valence electrons. The van der Waals surface area contributed by atoms with E-state index in [4.69, 9.17) is 9.90 Å². The number of carboxylic acids is 1. The summed E-state index contributed by atoms with van der Waals surface area (Å²) in [6, 6.07) is 0. The third kappa shape index (κ3) is 11.1. The number of halogens is 6. The highest BCUT2D eigenvalue weighted by molar-refractivity contribution is 7.91. The predicted octanol–water partition coefficient (Wildman–Crippen LogP) is 0.183. The summed E-state index contributed by atoms with van der Waals surface area (Å²) < 4.78 is 69.4. The van der Waals surface area contributed by atoms with Crippen molar-refractivity contribution in [1.29, 1.82) is 0 Å². The van der Waals surface area contributed by atoms with E-state index < -0.39 is 35.5 Å². The molecule has 0 amide bonds. The lowest BCUT2D eigenvalue weighted by Crippen LogP contribution is -2.37. The van der Waals surface area contributed by atoms with Crippen molar-refractivity contribution in [2.75, 3.05) is 12.5 Å². The molecule has 0 spiro atoms. The van der Waals surface area contributed by atoms with Gasteiger partial charge in [0.1, 0.15) is 18.5 Å². The first-order chi connectivity index (χ1) is 7.28. The van der Waals surface area contributed by atoms with Gasteiger partial charge in [-0.1, -0.05) is 0 Å². The second kappa shape index (κ2) is 6.57. The number of alkyl halides is 6. The van der Waals surface area contributed by atoms with Crippen LogP contribution in [0, 0.1) is 0 Å². The van der Waals surface area contributed by atoms with E-state index in [1.54, 1.807) is 0 Å². The number of hydrogen-bond donors (Lipinski definition) is 0. The minimum atomic E-state index is -5.19. The number of hydrogen-bond acceptors (Lipinski definition) is 4. The normalized spacial score (nSPS) is 11.6. The smallest absolute Gasteiger partial charge is 0.496 e. The molecule has 11 heteroatoms. The molecule has 0 aromatic carbocycles. The molecule has 0 saturated carbocycles. The number of carboxylic acid groups (broad SMARTS) is 1. The summed E-state index contributed by atoms with van der Waals surface area (Å²) in [7, 11) is 0. The Kier molecular flexibility index (Phi) is 7.05. The third-order valence-corrected chi connectivity index (χ3v) is 1.19. The van der Waals surface area contributed by atoms with E-state index >= 15 is 0 Å². The number of carbonyl (C=O) groups is 2. The van der Waals surface area contributed by atoms with Crippen LogP contribution in [-0.2, 0) is 24.9 Å². The van der Waals surface area contributed by atoms with Crippen LogP contribution in [0.2, 0.25) is 0 Å². The average molecular weight is 288 g/mol. The fourth-order valence-electron chi connectivity index (χ4n) is 0.199. The van der Waals surface area contributed by atoms with Crippen molar-refractivity contribution in [2.24, 2.45) is 0 Å². The highest BCUT2D eigenvalue weighted by Crippen LogP contribution is 2.17. The van der Waals surface area contributed by atoms with Gasteiger partial charge in [0.05, 0.1) is 0 Å². The summed E-state index contributed by atoms with van der Waals surface area (Å²) in [6.07, 6.45) is -7.30. The van der Waals surface area contributed by atoms with E-state index in [0.29, 0.717) is 0 Å². The maximum Gasteiger partial charge on any atom is 0.496 e. The Morgan fingerprint density at radius 3 is 1.35 bits per heavy atom. The first-order valence-corrected chi connectivity index (χ1v) is 5.40. The van der Waals surface area contributed by atoms with Crippen LogP contribution in [0.4, 0.5) is 26.3 Å². The van der Waals surface area contributed by atoms with Crippen LogP contribution in [0.5, 0.6) is 0 Å². The zero-order valence-corrected chi connectivity index (χ0v) is 9.13. The Morgan fingerprint density at radius 2 is 1.29 bits per heavy atom. The fraction of sp³-hybridized carbons (Fsp3) is 0.667. The van der Waals surface area contributed by atoms with E-state index in [1.807, 2.05) is 0 Å². The van der Waals surface area contributed by atoms with Crippen LogP contribution in [0.1, 0.15) is 0 Å². The summed E-state index contributed by atoms with van der Waals surface area (Å²) in [6.45, 7) is 0. The highest BCUT2D eigenvalue weighted by Gasteiger charge is 2.44. The second-order valence-electron chi connectivity index (χ2n) is 2.40. The Balaban J connectivity index is 0. The molecular formula is C6H6F6O4S. The molecule has 0 aromatic rings. The summed E-state index contributed by atoms with van der Waals surface area (Å²) >= 11 is -0.962. The van der Waals surface area contributed by atoms with Crippen molar-refractivity contribution >= 4 is 23.1 Å². The summed E-state index contributed by atoms with van der Waals surface area (Å²) in [5.74, 6) is -5.13. The lowest BCUT2D eigenvalue weighted by atomic mass is 10.7. The largest absolute Gasteiger partial charge is 0.542 e. The van der Waals surface area contributed by atoms with Crippen molar-refractivity contribution in [1.82, 2.24) is 0 Å². The fourth-order valence-corrected chi connectivity index (χ4v) is 0.596. The maximum absolute atomic E-state index is 11.3. The summed E-state index contributed by atoms with van der Waals surface area (Å²) in [4.78, 5) is 18.7. The molecule has 4 nitrogen and oxygen atoms in total. The van der Waals surface area contributed by atoms with E-state index in [-0.39, 0.29) is 0 Å². The van der Waals surface area contributed by atoms with Crippen molar-refractivity contribution in [3.8, 4) is 0 Å². The van der Waals surface area contributed by atoms with Crippen LogP contribution in [0.15, 0.2) is 0 Å². The first-order valence-electron chi connectivity index (χ1n) is 3.43. The second-order valence-corrected chi connectivity index (χ2v) is 4.05. The van der Waals surface area contributed by atoms with Crippen LogP contribution in [0.3, 0.4) is 0 Å². The van der Waals surface area contributed by atoms with Crippen LogP contribution < -0.4 is 5.11 Å². The molecule has 0 radical (unpaired) electrons. The molecule has 17 heavy (non-hydrogen) atoms. The minimum absolute atomic E-state index is 0.962. The van der Waals surface area contributed by atoms with Crippen molar-refractivity contribution in [3.05, 3.63) is 0 Å². The Morgan fingerprint density at radius 1 is 1.00 bits per heavy atom. The lowest BCUT2D eigenvalue weighted by Gasteiger charge is -2.03. The third-order valence-electron chi connectivity index (χ3n) is 0.705. The molecule has 0 unspecified atom stereocenters. The van der Waals surface area contributed by atoms with Crippen LogP contribution in [-0.4, -0.2) is 36.8 Å². The van der Waals surface area contributed by atoms with Crippen LogP contribution in [0.25, 0.3) is 0 Å². The number of aliphatic carboxylic acids is 1. The summed E-state index contributed by atoms with van der Waals surface area (Å²) in [5.41, 5.74) is 0. The first kappa shape index (κ1) is 18.2. The monoisotopic (exact) mass is 288 g/mol. The predicted molar refractivity (Wildman–Crippen MR) is 42.4 cm³/mol. The highest BCUT2D eigenvalue weighted by atomic mass is 32.2. The molecule has 0 aromatic heterocycles. The van der Waals surface area contributed by atoms with Gasteiger partial charge >= 0.3 is 18.3 Å². The van der Waals surface area contributed by atoms with E-state index in [9.17, 15) is 31.1 Å². The molecule has 0 fully saturated rings. The van der Waals surface area contributed by atoms with Crippen LogP contribution >= 0.6 is 0 Å². The van der Waals surface area contributed by atoms with Gasteiger partial charge in [0.2, 0.25) is 0 Å². The van der Waals surface area contributed by atoms with Gasteiger partial charge in [-0.05, 0) is 0 Å². The van der Waals surface area contributed by atoms with Crippen molar-refractivity contribution < 1.29 is 45.2 Å². The lowest BCUT2D eigenvalue weighted by molar-refractivity contribution is -0.344. The Hall–Kier alpha value is -1.13. The van der Waals surface area contributed by atoms with Gasteiger partial charge in [-0.3, -0.25) is 0 Å². The zero-order valence-electron chi connectivity index (χ0n) is 8.31. The Labute approximate surface area is 94.1 Å². The maximum atomic E-state index is 11.3. The van der Waals surface area contributed by atoms with Crippen molar-refractivity contribution in [2.45, 2.75) is 12.4 Å². The molecule has 0 atom stereocenters. The SMILES string of the molecule is C[S+](C)OC(=O)C(F)(F)F.O=C([O-])C(F)(F)F. The molecule has 0 rings (SSSR count). The quantitative estimate of drug-likeness (QED) is 0.510. The molecule has 0 aliphatic heterocycles. The zero-order chi connectivity index (χ0) is 14.4. The topological polar surface area (TPSA) is 66.4 Å². The Bertz CT molecular complexity index is 271. The van der Waals surface area contributed by atoms with Crippen molar-refractivity contribution in [3.63, 3.8) is 0 Å². The van der Waals surface area contributed by atoms with E-state index in [1.165, 1.54) is 12.5 Å². The number of rotatable bonds is 1. The minimum Gasteiger partial charge on any atom is -0.542 e. The summed E-state index contributed by atoms with van der Waals surface area (Å²) in [5, 5.41) is 8.78. The van der Waals surface area contributed by atoms with Gasteiger partial charge in [0.15, 0.2) is 11.2 Å². The molecule has 0 saturated heterocycles. The van der Waals surface area contributed by atoms with Gasteiger partial charge in [0.25, 0.3) is 0 Å². The molecule has 0 bridgehead atoms. The van der Waals surface area contributed by atoms with Gasteiger partial charge in [-0.15, -0.1) is 0 Å². The molecule has 0 heterocycles. The van der Waals surface area contributed by atoms with E-state index in [2.05, 4.69) is 4.18 Å². The van der Waals surface area contributed by atoms with E-state index in [0.717, 1.165) is 0 Å². The standard InChI is InChI=1S/C4H6F3O2S.C2HF3O2/c1-10(2)9-3(8)4(5,6)7;3-2(4,5)1(6)7/h1-2H3;(H,6,7)/q+1;/p-1. The molecule has 0 aliphatic rings. The van der Waals surface area contributed by atoms with Gasteiger partial charge in [-0.25, -0.2) is 8.98 Å². The molecular weight excluding hydrogens is 282 g/mol. The average Bonchev–Trinajstić information content (AvgIpc) is 1.99. The van der Waals surface area contributed by atoms with Gasteiger partial charge < -0.3 is 9.90 Å². The van der Waals surface area contributed by atoms with Gasteiger partial charge in [0, 0.05) is 0 Å². The number of carbonyl (C=O) groups excluding carboxylic acids is 2. The molecule has 0 aliphatic carbocycles. The van der Waals surface area contributed by atoms with Gasteiger partial charge in [-0.2, -0.15) is 26.3 Å².